The summed E-state index contributed by atoms with van der Waals surface area (Å²) in [6.45, 7) is 0. The lowest BCUT2D eigenvalue weighted by molar-refractivity contribution is 1.59. The molecule has 0 unspecified atom stereocenters. The highest BCUT2D eigenvalue weighted by Gasteiger charge is 2.14. The minimum absolute atomic E-state index is 0.977. The fourth-order valence-corrected chi connectivity index (χ4v) is 8.04. The number of nitrogens with zero attached hydrogens (tertiary/aromatic N) is 2. The van der Waals surface area contributed by atoms with E-state index < -0.39 is 0 Å². The maximum absolute atomic E-state index is 4.72. The van der Waals surface area contributed by atoms with Crippen molar-refractivity contribution < 1.29 is 0 Å². The molecule has 218 valence electrons. The zero-order valence-electron chi connectivity index (χ0n) is 25.3. The third-order valence-corrected chi connectivity index (χ3v) is 10.2. The molecule has 10 rings (SSSR count). The summed E-state index contributed by atoms with van der Waals surface area (Å²) in [5, 5.41) is 12.5. The van der Waals surface area contributed by atoms with Crippen LogP contribution in [0.15, 0.2) is 158 Å². The van der Waals surface area contributed by atoms with Gasteiger partial charge in [0.2, 0.25) is 0 Å². The van der Waals surface area contributed by atoms with Gasteiger partial charge in [0, 0.05) is 10.8 Å². The van der Waals surface area contributed by atoms with E-state index in [1.165, 1.54) is 88.2 Å². The lowest BCUT2D eigenvalue weighted by Crippen LogP contribution is -1.87. The molecule has 3 heteroatoms. The fourth-order valence-electron chi connectivity index (χ4n) is 7.46. The molecule has 0 amide bonds. The van der Waals surface area contributed by atoms with Crippen molar-refractivity contribution in [2.45, 2.75) is 0 Å². The van der Waals surface area contributed by atoms with Gasteiger partial charge in [-0.3, -0.25) is 0 Å². The molecule has 0 bridgehead atoms. The Morgan fingerprint density at radius 3 is 1.11 bits per heavy atom. The zero-order chi connectivity index (χ0) is 30.9. The molecule has 9 aromatic carbocycles. The van der Waals surface area contributed by atoms with Gasteiger partial charge in [-0.25, -0.2) is 0 Å². The van der Waals surface area contributed by atoms with E-state index in [0.717, 1.165) is 21.8 Å². The Morgan fingerprint density at radius 1 is 0.255 bits per heavy atom. The van der Waals surface area contributed by atoms with Gasteiger partial charge in [0.25, 0.3) is 0 Å². The van der Waals surface area contributed by atoms with Gasteiger partial charge < -0.3 is 0 Å². The van der Waals surface area contributed by atoms with Gasteiger partial charge in [-0.2, -0.15) is 8.75 Å². The van der Waals surface area contributed by atoms with Crippen LogP contribution in [0.1, 0.15) is 0 Å². The predicted molar refractivity (Wildman–Crippen MR) is 201 cm³/mol. The van der Waals surface area contributed by atoms with Crippen LogP contribution in [-0.2, 0) is 0 Å². The molecule has 0 saturated heterocycles. The van der Waals surface area contributed by atoms with Crippen molar-refractivity contribution in [1.29, 1.82) is 0 Å². The summed E-state index contributed by atoms with van der Waals surface area (Å²) in [6.07, 6.45) is 0. The topological polar surface area (TPSA) is 25.8 Å². The van der Waals surface area contributed by atoms with Crippen LogP contribution in [0.5, 0.6) is 0 Å². The highest BCUT2D eigenvalue weighted by atomic mass is 32.1. The summed E-state index contributed by atoms with van der Waals surface area (Å²) in [6, 6.07) is 57.5. The van der Waals surface area contributed by atoms with Crippen LogP contribution in [0.25, 0.3) is 98.3 Å². The minimum atomic E-state index is 0.977. The van der Waals surface area contributed by atoms with E-state index in [-0.39, 0.29) is 0 Å². The highest BCUT2D eigenvalue weighted by molar-refractivity contribution is 7.00. The summed E-state index contributed by atoms with van der Waals surface area (Å²) in [4.78, 5) is 0. The number of rotatable bonds is 3. The van der Waals surface area contributed by atoms with E-state index in [1.807, 2.05) is 0 Å². The Morgan fingerprint density at radius 2 is 0.596 bits per heavy atom. The molecular weight excluding hydrogens is 589 g/mol. The largest absolute Gasteiger partial charge is 0.172 e. The van der Waals surface area contributed by atoms with Crippen LogP contribution < -0.4 is 0 Å². The number of fused-ring (bicyclic) bond motifs is 12. The lowest BCUT2D eigenvalue weighted by Gasteiger charge is -2.13. The summed E-state index contributed by atoms with van der Waals surface area (Å²) in [7, 11) is 0. The van der Waals surface area contributed by atoms with Crippen molar-refractivity contribution >= 4 is 76.6 Å². The van der Waals surface area contributed by atoms with E-state index in [9.17, 15) is 0 Å². The van der Waals surface area contributed by atoms with Crippen molar-refractivity contribution in [1.82, 2.24) is 8.75 Å². The Balaban J connectivity index is 1.08. The van der Waals surface area contributed by atoms with Gasteiger partial charge in [-0.15, -0.1) is 0 Å². The van der Waals surface area contributed by atoms with Crippen LogP contribution in [0.2, 0.25) is 0 Å². The standard InChI is InChI=1S/C44H26N2S/c1-2-15-35-33(13-1)34-14-3-4-17-37(34)41-25-31(19-21-38(35)41)29-11-7-9-27(23-29)28-10-8-12-30(24-28)32-20-22-39-36-16-5-6-18-40(36)43-44(42(39)26-32)46-47-45-43/h1-26H. The normalized spacial score (nSPS) is 11.8. The fraction of sp³-hybridized carbons (Fsp3) is 0. The first-order valence-corrected chi connectivity index (χ1v) is 16.6. The monoisotopic (exact) mass is 614 g/mol. The van der Waals surface area contributed by atoms with E-state index in [1.54, 1.807) is 0 Å². The predicted octanol–water partition coefficient (Wildman–Crippen LogP) is 12.5. The zero-order valence-corrected chi connectivity index (χ0v) is 26.1. The molecule has 10 aromatic rings. The molecule has 1 aromatic heterocycles. The minimum Gasteiger partial charge on any atom is -0.172 e. The van der Waals surface area contributed by atoms with Crippen molar-refractivity contribution in [2.24, 2.45) is 0 Å². The first kappa shape index (κ1) is 26.3. The van der Waals surface area contributed by atoms with Crippen LogP contribution in [0.4, 0.5) is 0 Å². The van der Waals surface area contributed by atoms with Gasteiger partial charge in [0.05, 0.1) is 11.7 Å². The third-order valence-electron chi connectivity index (χ3n) is 9.70. The quantitative estimate of drug-likeness (QED) is 0.185. The maximum atomic E-state index is 4.72. The summed E-state index contributed by atoms with van der Waals surface area (Å²) >= 11 is 1.28. The van der Waals surface area contributed by atoms with Crippen LogP contribution >= 0.6 is 11.7 Å². The summed E-state index contributed by atoms with van der Waals surface area (Å²) in [5.74, 6) is 0. The van der Waals surface area contributed by atoms with Gasteiger partial charge in [0.15, 0.2) is 0 Å². The maximum Gasteiger partial charge on any atom is 0.113 e. The second-order valence-corrected chi connectivity index (χ2v) is 12.8. The summed E-state index contributed by atoms with van der Waals surface area (Å²) in [5.41, 5.74) is 9.14. The van der Waals surface area contributed by atoms with Gasteiger partial charge in [-0.05, 0) is 101 Å². The molecule has 0 radical (unpaired) electrons. The SMILES string of the molecule is c1cc(-c2cccc(-c3ccc4c5ccccc5c5nsnc5c4c3)c2)cc(-c2ccc3c4ccccc4c4ccccc4c3c2)c1. The Hall–Kier alpha value is -5.90. The average molecular weight is 615 g/mol. The Bertz CT molecular complexity index is 2830. The third kappa shape index (κ3) is 4.10. The molecule has 1 heterocycles. The van der Waals surface area contributed by atoms with Gasteiger partial charge >= 0.3 is 0 Å². The van der Waals surface area contributed by atoms with Crippen LogP contribution in [0.3, 0.4) is 0 Å². The van der Waals surface area contributed by atoms with Crippen molar-refractivity contribution in [3.05, 3.63) is 158 Å². The molecule has 0 aliphatic rings. The Labute approximate surface area is 275 Å². The van der Waals surface area contributed by atoms with E-state index in [0.29, 0.717) is 0 Å². The van der Waals surface area contributed by atoms with E-state index in [2.05, 4.69) is 162 Å². The first-order chi connectivity index (χ1) is 23.3. The molecular formula is C44H26N2S. The average Bonchev–Trinajstić information content (AvgIpc) is 3.66. The lowest BCUT2D eigenvalue weighted by atomic mass is 9.91. The molecule has 0 fully saturated rings. The van der Waals surface area contributed by atoms with E-state index >= 15 is 0 Å². The second kappa shape index (κ2) is 10.3. The van der Waals surface area contributed by atoms with Crippen molar-refractivity contribution in [3.8, 4) is 33.4 Å². The molecule has 0 N–H and O–H groups in total. The number of hydrogen-bond donors (Lipinski definition) is 0. The van der Waals surface area contributed by atoms with Gasteiger partial charge in [-0.1, -0.05) is 133 Å². The molecule has 0 aliphatic carbocycles. The van der Waals surface area contributed by atoms with Gasteiger partial charge in [0.1, 0.15) is 11.0 Å². The van der Waals surface area contributed by atoms with Crippen LogP contribution in [-0.4, -0.2) is 8.75 Å². The molecule has 2 nitrogen and oxygen atoms in total. The molecule has 0 atom stereocenters. The molecule has 0 aliphatic heterocycles. The smallest absolute Gasteiger partial charge is 0.113 e. The molecule has 47 heavy (non-hydrogen) atoms. The van der Waals surface area contributed by atoms with Crippen LogP contribution in [0, 0.1) is 0 Å². The summed E-state index contributed by atoms with van der Waals surface area (Å²) < 4.78 is 9.38. The highest BCUT2D eigenvalue weighted by Crippen LogP contribution is 2.39. The second-order valence-electron chi connectivity index (χ2n) is 12.3. The Kier molecular flexibility index (Phi) is 5.78. The van der Waals surface area contributed by atoms with Crippen molar-refractivity contribution in [3.63, 3.8) is 0 Å². The number of benzene rings is 9. The number of hydrogen-bond acceptors (Lipinski definition) is 3. The van der Waals surface area contributed by atoms with Crippen molar-refractivity contribution in [2.75, 3.05) is 0 Å². The van der Waals surface area contributed by atoms with E-state index in [4.69, 9.17) is 4.37 Å². The molecule has 0 spiro atoms. The number of aromatic nitrogens is 2. The molecule has 0 saturated carbocycles. The first-order valence-electron chi connectivity index (χ1n) is 15.9.